The number of Topliss-reactive ketones (excluding diaryl/α,β-unsaturated/α-hetero) is 1. The topological polar surface area (TPSA) is 58.6 Å². The summed E-state index contributed by atoms with van der Waals surface area (Å²) in [6, 6.07) is 6.92. The van der Waals surface area contributed by atoms with E-state index in [9.17, 15) is 35.9 Å². The van der Waals surface area contributed by atoms with Crippen LogP contribution in [0.1, 0.15) is 60.7 Å². The number of hydrogen-bond acceptors (Lipinski definition) is 4. The average molecular weight is 531 g/mol. The summed E-state index contributed by atoms with van der Waals surface area (Å²) in [5.74, 6) is -0.729. The Hall–Kier alpha value is -3.24. The zero-order valence-electron chi connectivity index (χ0n) is 20.6. The average Bonchev–Trinajstić information content (AvgIpc) is 2.77. The van der Waals surface area contributed by atoms with Crippen LogP contribution < -0.4 is 10.2 Å². The number of halogens is 6. The highest BCUT2D eigenvalue weighted by Crippen LogP contribution is 2.35. The monoisotopic (exact) mass is 530 g/mol. The molecule has 1 amide bonds. The molecule has 0 atom stereocenters. The number of nitrogens with zero attached hydrogens (tertiary/aromatic N) is 1. The quantitative estimate of drug-likeness (QED) is 0.348. The fourth-order valence-corrected chi connectivity index (χ4v) is 4.02. The molecule has 37 heavy (non-hydrogen) atoms. The van der Waals surface area contributed by atoms with Gasteiger partial charge in [0.2, 0.25) is 0 Å². The molecule has 5 nitrogen and oxygen atoms in total. The van der Waals surface area contributed by atoms with Crippen LogP contribution in [0.3, 0.4) is 0 Å². The minimum Gasteiger partial charge on any atom is -0.444 e. The molecular weight excluding hydrogens is 502 g/mol. The van der Waals surface area contributed by atoms with Crippen LogP contribution in [0, 0.1) is 0 Å². The Morgan fingerprint density at radius 2 is 1.54 bits per heavy atom. The molecule has 1 heterocycles. The van der Waals surface area contributed by atoms with Gasteiger partial charge in [0.25, 0.3) is 0 Å². The second-order valence-corrected chi connectivity index (χ2v) is 9.97. The van der Waals surface area contributed by atoms with E-state index in [0.29, 0.717) is 25.9 Å². The van der Waals surface area contributed by atoms with Crippen LogP contribution in [0.5, 0.6) is 0 Å². The van der Waals surface area contributed by atoms with E-state index in [1.165, 1.54) is 12.1 Å². The third-order valence-electron chi connectivity index (χ3n) is 5.77. The van der Waals surface area contributed by atoms with Crippen molar-refractivity contribution >= 4 is 17.6 Å². The van der Waals surface area contributed by atoms with Crippen molar-refractivity contribution in [2.75, 3.05) is 18.0 Å². The lowest BCUT2D eigenvalue weighted by molar-refractivity contribution is -0.138. The molecule has 0 spiro atoms. The number of nitrogens with one attached hydrogen (secondary N) is 1. The van der Waals surface area contributed by atoms with Crippen molar-refractivity contribution in [1.29, 1.82) is 0 Å². The van der Waals surface area contributed by atoms with Gasteiger partial charge >= 0.3 is 18.4 Å². The van der Waals surface area contributed by atoms with Crippen LogP contribution >= 0.6 is 0 Å². The molecule has 3 rings (SSSR count). The normalized spacial score (nSPS) is 15.4. The molecule has 0 unspecified atom stereocenters. The van der Waals surface area contributed by atoms with E-state index in [0.717, 1.165) is 30.3 Å². The Balaban J connectivity index is 1.77. The Labute approximate surface area is 210 Å². The van der Waals surface area contributed by atoms with E-state index >= 15 is 0 Å². The van der Waals surface area contributed by atoms with Crippen LogP contribution in [0.15, 0.2) is 42.5 Å². The molecule has 1 fully saturated rings. The highest BCUT2D eigenvalue weighted by molar-refractivity contribution is 5.98. The van der Waals surface area contributed by atoms with Gasteiger partial charge in [-0.15, -0.1) is 0 Å². The predicted molar refractivity (Wildman–Crippen MR) is 126 cm³/mol. The smallest absolute Gasteiger partial charge is 0.416 e. The van der Waals surface area contributed by atoms with Gasteiger partial charge in [-0.1, -0.05) is 18.2 Å². The first-order valence-corrected chi connectivity index (χ1v) is 11.7. The van der Waals surface area contributed by atoms with Crippen LogP contribution in [-0.2, 0) is 23.5 Å². The molecule has 2 aromatic rings. The molecule has 202 valence electrons. The Morgan fingerprint density at radius 3 is 2.11 bits per heavy atom. The maximum atomic E-state index is 13.6. The van der Waals surface area contributed by atoms with Gasteiger partial charge in [-0.05, 0) is 63.4 Å². The lowest BCUT2D eigenvalue weighted by Crippen LogP contribution is -2.46. The zero-order chi connectivity index (χ0) is 27.6. The van der Waals surface area contributed by atoms with Crippen molar-refractivity contribution in [3.8, 4) is 0 Å². The minimum atomic E-state index is -4.72. The van der Waals surface area contributed by atoms with E-state index in [4.69, 9.17) is 4.74 Å². The summed E-state index contributed by atoms with van der Waals surface area (Å²) in [5, 5.41) is 2.75. The maximum absolute atomic E-state index is 13.6. The zero-order valence-corrected chi connectivity index (χ0v) is 20.6. The van der Waals surface area contributed by atoms with E-state index in [1.807, 2.05) is 0 Å². The van der Waals surface area contributed by atoms with Crippen molar-refractivity contribution in [2.24, 2.45) is 0 Å². The summed E-state index contributed by atoms with van der Waals surface area (Å²) in [7, 11) is 0. The number of carbonyl (C=O) groups is 2. The first kappa shape index (κ1) is 28.3. The van der Waals surface area contributed by atoms with Crippen molar-refractivity contribution < 1.29 is 40.7 Å². The fourth-order valence-electron chi connectivity index (χ4n) is 4.02. The van der Waals surface area contributed by atoms with Gasteiger partial charge in [0, 0.05) is 36.8 Å². The van der Waals surface area contributed by atoms with Gasteiger partial charge in [0.05, 0.1) is 11.1 Å². The van der Waals surface area contributed by atoms with Crippen LogP contribution in [0.4, 0.5) is 36.8 Å². The largest absolute Gasteiger partial charge is 0.444 e. The second-order valence-electron chi connectivity index (χ2n) is 9.97. The fraction of sp³-hybridized carbons (Fsp3) is 0.462. The van der Waals surface area contributed by atoms with Gasteiger partial charge in [0.1, 0.15) is 5.60 Å². The number of ether oxygens (including phenoxy) is 1. The standard InChI is InChI=1S/C26H28F6N2O3/c1-24(2,3)37-23(36)33-20-7-9-34(10-8-20)21-14-17(13-19(15-21)26(30,31)32)22(35)12-16-5-4-6-18(11-16)25(27,28)29/h4-6,11,13-15,20H,7-10,12H2,1-3H3,(H,33,36). The molecular formula is C26H28F6N2O3. The molecule has 1 aliphatic rings. The first-order chi connectivity index (χ1) is 17.0. The van der Waals surface area contributed by atoms with Crippen molar-refractivity contribution in [3.63, 3.8) is 0 Å². The Kier molecular flexibility index (Phi) is 8.14. The Bertz CT molecular complexity index is 1130. The van der Waals surface area contributed by atoms with E-state index in [2.05, 4.69) is 5.32 Å². The van der Waals surface area contributed by atoms with Gasteiger partial charge in [-0.2, -0.15) is 26.3 Å². The van der Waals surface area contributed by atoms with Crippen LogP contribution in [-0.4, -0.2) is 36.6 Å². The summed E-state index contributed by atoms with van der Waals surface area (Å²) in [6.45, 7) is 5.84. The molecule has 0 bridgehead atoms. The number of alkyl carbamates (subject to hydrolysis) is 1. The van der Waals surface area contributed by atoms with Crippen molar-refractivity contribution in [2.45, 2.75) is 64.0 Å². The number of carbonyl (C=O) groups excluding carboxylic acids is 2. The molecule has 11 heteroatoms. The van der Waals surface area contributed by atoms with Gasteiger partial charge in [-0.25, -0.2) is 4.79 Å². The number of ketones is 1. The molecule has 1 aliphatic heterocycles. The second kappa shape index (κ2) is 10.6. The van der Waals surface area contributed by atoms with Gasteiger partial charge < -0.3 is 15.0 Å². The predicted octanol–water partition coefficient (Wildman–Crippen LogP) is 6.64. The van der Waals surface area contributed by atoms with Gasteiger partial charge in [0.15, 0.2) is 5.78 Å². The summed E-state index contributed by atoms with van der Waals surface area (Å²) < 4.78 is 85.1. The molecule has 0 aliphatic carbocycles. The SMILES string of the molecule is CC(C)(C)OC(=O)NC1CCN(c2cc(C(=O)Cc3cccc(C(F)(F)F)c3)cc(C(F)(F)F)c2)CC1. The van der Waals surface area contributed by atoms with Crippen LogP contribution in [0.25, 0.3) is 0 Å². The highest BCUT2D eigenvalue weighted by Gasteiger charge is 2.34. The lowest BCUT2D eigenvalue weighted by atomic mass is 9.97. The number of rotatable bonds is 5. The highest BCUT2D eigenvalue weighted by atomic mass is 19.4. The first-order valence-electron chi connectivity index (χ1n) is 11.7. The van der Waals surface area contributed by atoms with Crippen molar-refractivity contribution in [3.05, 3.63) is 64.7 Å². The summed E-state index contributed by atoms with van der Waals surface area (Å²) in [6.07, 6.45) is -9.49. The molecule has 0 radical (unpaired) electrons. The molecule has 1 N–H and O–H groups in total. The molecule has 1 saturated heterocycles. The van der Waals surface area contributed by atoms with E-state index in [1.54, 1.807) is 25.7 Å². The number of amides is 1. The molecule has 0 saturated carbocycles. The summed E-state index contributed by atoms with van der Waals surface area (Å²) in [4.78, 5) is 26.5. The number of benzene rings is 2. The van der Waals surface area contributed by atoms with Gasteiger partial charge in [-0.3, -0.25) is 4.79 Å². The minimum absolute atomic E-state index is 0.0489. The third-order valence-corrected chi connectivity index (χ3v) is 5.77. The van der Waals surface area contributed by atoms with E-state index in [-0.39, 0.29) is 22.9 Å². The number of hydrogen-bond donors (Lipinski definition) is 1. The summed E-state index contributed by atoms with van der Waals surface area (Å²) in [5.41, 5.74) is -2.64. The Morgan fingerprint density at radius 1 is 0.919 bits per heavy atom. The third kappa shape index (κ3) is 8.13. The molecule has 2 aromatic carbocycles. The van der Waals surface area contributed by atoms with E-state index < -0.39 is 47.4 Å². The maximum Gasteiger partial charge on any atom is 0.416 e. The number of alkyl halides is 6. The lowest BCUT2D eigenvalue weighted by Gasteiger charge is -2.34. The van der Waals surface area contributed by atoms with Crippen LogP contribution in [0.2, 0.25) is 0 Å². The van der Waals surface area contributed by atoms with Crippen molar-refractivity contribution in [1.82, 2.24) is 5.32 Å². The summed E-state index contributed by atoms with van der Waals surface area (Å²) >= 11 is 0. The molecule has 0 aromatic heterocycles. The number of piperidine rings is 1. The number of anilines is 1.